The van der Waals surface area contributed by atoms with Gasteiger partial charge in [0.1, 0.15) is 0 Å². The molecule has 4 nitrogen and oxygen atoms in total. The van der Waals surface area contributed by atoms with Crippen LogP contribution in [0.1, 0.15) is 27.7 Å². The van der Waals surface area contributed by atoms with Crippen LogP contribution in [0.5, 0.6) is 0 Å². The van der Waals surface area contributed by atoms with Gasteiger partial charge in [-0.15, -0.1) is 0 Å². The van der Waals surface area contributed by atoms with Gasteiger partial charge < -0.3 is 10.4 Å². The molecule has 0 aliphatic carbocycles. The van der Waals surface area contributed by atoms with E-state index in [1.54, 1.807) is 0 Å². The van der Waals surface area contributed by atoms with Gasteiger partial charge in [-0.05, 0) is 20.8 Å². The fourth-order valence-corrected chi connectivity index (χ4v) is 0.177. The van der Waals surface area contributed by atoms with Crippen LogP contribution >= 0.6 is 0 Å². The number of rotatable bonds is 1. The molecule has 66 valence electrons. The first-order chi connectivity index (χ1) is 4.79. The van der Waals surface area contributed by atoms with Gasteiger partial charge in [0.05, 0.1) is 0 Å². The maximum absolute atomic E-state index is 9.71. The van der Waals surface area contributed by atoms with Crippen molar-refractivity contribution >= 4 is 12.4 Å². The quantitative estimate of drug-likeness (QED) is 0.554. The van der Waals surface area contributed by atoms with Crippen LogP contribution in [0.2, 0.25) is 0 Å². The first-order valence-corrected chi connectivity index (χ1v) is 3.20. The van der Waals surface area contributed by atoms with Gasteiger partial charge in [0.2, 0.25) is 6.41 Å². The van der Waals surface area contributed by atoms with Crippen molar-refractivity contribution in [3.63, 3.8) is 0 Å². The number of nitrogens with one attached hydrogen (secondary N) is 1. The molecule has 0 saturated heterocycles. The molecule has 0 atom stereocenters. The van der Waals surface area contributed by atoms with Crippen molar-refractivity contribution in [1.29, 1.82) is 0 Å². The topological polar surface area (TPSA) is 66.4 Å². The summed E-state index contributed by atoms with van der Waals surface area (Å²) in [5, 5.41) is 10.0. The summed E-state index contributed by atoms with van der Waals surface area (Å²) in [6, 6.07) is 0. The summed E-state index contributed by atoms with van der Waals surface area (Å²) in [6.07, 6.45) is 0.708. The lowest BCUT2D eigenvalue weighted by Gasteiger charge is -2.15. The predicted molar refractivity (Wildman–Crippen MR) is 42.3 cm³/mol. The molecule has 0 radical (unpaired) electrons. The summed E-state index contributed by atoms with van der Waals surface area (Å²) < 4.78 is 0. The van der Waals surface area contributed by atoms with Gasteiger partial charge in [0.15, 0.2) is 0 Å². The van der Waals surface area contributed by atoms with Crippen LogP contribution in [0.15, 0.2) is 0 Å². The number of carboxylic acids is 1. The normalized spacial score (nSPS) is 9.09. The molecule has 0 aromatic rings. The molecule has 4 heteroatoms. The van der Waals surface area contributed by atoms with Gasteiger partial charge in [0, 0.05) is 12.5 Å². The predicted octanol–water partition coefficient (Wildman–Crippen LogP) is 0.622. The first-order valence-electron chi connectivity index (χ1n) is 3.20. The Hall–Kier alpha value is -1.06. The molecule has 0 heterocycles. The average molecular weight is 161 g/mol. The molecule has 0 fully saturated rings. The number of carbonyl (C=O) groups is 2. The second-order valence-corrected chi connectivity index (χ2v) is 3.03. The smallest absolute Gasteiger partial charge is 0.300 e. The second kappa shape index (κ2) is 5.70. The maximum atomic E-state index is 9.71. The van der Waals surface area contributed by atoms with Gasteiger partial charge in [-0.25, -0.2) is 0 Å². The van der Waals surface area contributed by atoms with Crippen molar-refractivity contribution in [2.24, 2.45) is 0 Å². The van der Waals surface area contributed by atoms with Crippen molar-refractivity contribution in [2.75, 3.05) is 0 Å². The fraction of sp³-hybridized carbons (Fsp3) is 0.714. The van der Waals surface area contributed by atoms with Crippen molar-refractivity contribution in [1.82, 2.24) is 5.32 Å². The highest BCUT2D eigenvalue weighted by molar-refractivity contribution is 5.62. The number of amides is 1. The maximum Gasteiger partial charge on any atom is 0.300 e. The average Bonchev–Trinajstić information content (AvgIpc) is 1.58. The Morgan fingerprint density at radius 3 is 1.73 bits per heavy atom. The van der Waals surface area contributed by atoms with E-state index in [2.05, 4.69) is 5.32 Å². The van der Waals surface area contributed by atoms with Gasteiger partial charge in [-0.2, -0.15) is 0 Å². The molecule has 0 unspecified atom stereocenters. The van der Waals surface area contributed by atoms with Crippen LogP contribution < -0.4 is 5.32 Å². The number of hydrogen-bond donors (Lipinski definition) is 2. The Morgan fingerprint density at radius 1 is 1.45 bits per heavy atom. The lowest BCUT2D eigenvalue weighted by atomic mass is 10.1. The minimum atomic E-state index is -0.833. The lowest BCUT2D eigenvalue weighted by molar-refractivity contribution is -0.134. The Bertz CT molecular complexity index is 122. The highest BCUT2D eigenvalue weighted by atomic mass is 16.4. The highest BCUT2D eigenvalue weighted by Crippen LogP contribution is 1.94. The van der Waals surface area contributed by atoms with Gasteiger partial charge in [-0.3, -0.25) is 9.59 Å². The van der Waals surface area contributed by atoms with E-state index >= 15 is 0 Å². The molecule has 0 bridgehead atoms. The first kappa shape index (κ1) is 12.6. The third kappa shape index (κ3) is 49.8. The lowest BCUT2D eigenvalue weighted by Crippen LogP contribution is -2.34. The standard InChI is InChI=1S/C5H11NO.C2H4O2/c1-5(2,3)6-4-7;1-2(3)4/h4H,1-3H3,(H,6,7);1H3,(H,3,4). The zero-order valence-electron chi connectivity index (χ0n) is 7.34. The van der Waals surface area contributed by atoms with E-state index in [4.69, 9.17) is 9.90 Å². The Labute approximate surface area is 66.6 Å². The molecule has 0 saturated carbocycles. The van der Waals surface area contributed by atoms with E-state index in [-0.39, 0.29) is 5.54 Å². The van der Waals surface area contributed by atoms with Gasteiger partial charge in [0.25, 0.3) is 5.97 Å². The molecule has 0 aliphatic heterocycles. The molecule has 0 aromatic heterocycles. The van der Waals surface area contributed by atoms with Crippen molar-refractivity contribution < 1.29 is 14.7 Å². The van der Waals surface area contributed by atoms with E-state index in [0.29, 0.717) is 6.41 Å². The molecule has 11 heavy (non-hydrogen) atoms. The van der Waals surface area contributed by atoms with Crippen LogP contribution in [-0.4, -0.2) is 23.0 Å². The monoisotopic (exact) mass is 161 g/mol. The minimum absolute atomic E-state index is 0.0677. The molecule has 0 rings (SSSR count). The molecule has 2 N–H and O–H groups in total. The molecule has 1 amide bonds. The largest absolute Gasteiger partial charge is 0.481 e. The summed E-state index contributed by atoms with van der Waals surface area (Å²) in [7, 11) is 0. The van der Waals surface area contributed by atoms with Crippen molar-refractivity contribution in [2.45, 2.75) is 33.2 Å². The molecular formula is C7H15NO3. The zero-order chi connectivity index (χ0) is 9.49. The van der Waals surface area contributed by atoms with E-state index in [1.807, 2.05) is 20.8 Å². The Kier molecular flexibility index (Phi) is 6.53. The summed E-state index contributed by atoms with van der Waals surface area (Å²) in [6.45, 7) is 6.88. The van der Waals surface area contributed by atoms with Crippen LogP contribution in [0, 0.1) is 0 Å². The van der Waals surface area contributed by atoms with Crippen LogP contribution in [0.4, 0.5) is 0 Å². The number of carboxylic acid groups (broad SMARTS) is 1. The number of hydrogen-bond acceptors (Lipinski definition) is 2. The summed E-state index contributed by atoms with van der Waals surface area (Å²) in [4.78, 5) is 18.7. The summed E-state index contributed by atoms with van der Waals surface area (Å²) >= 11 is 0. The summed E-state index contributed by atoms with van der Waals surface area (Å²) in [5.41, 5.74) is -0.0677. The van der Waals surface area contributed by atoms with Crippen LogP contribution in [-0.2, 0) is 9.59 Å². The van der Waals surface area contributed by atoms with E-state index in [1.165, 1.54) is 0 Å². The Morgan fingerprint density at radius 2 is 1.73 bits per heavy atom. The van der Waals surface area contributed by atoms with E-state index < -0.39 is 5.97 Å². The highest BCUT2D eigenvalue weighted by Gasteiger charge is 2.04. The number of aliphatic carboxylic acids is 1. The third-order valence-electron chi connectivity index (χ3n) is 0.492. The summed E-state index contributed by atoms with van der Waals surface area (Å²) in [5.74, 6) is -0.833. The number of carbonyl (C=O) groups excluding carboxylic acids is 1. The molecular weight excluding hydrogens is 146 g/mol. The van der Waals surface area contributed by atoms with Crippen LogP contribution in [0.3, 0.4) is 0 Å². The minimum Gasteiger partial charge on any atom is -0.481 e. The zero-order valence-corrected chi connectivity index (χ0v) is 7.34. The molecule has 0 spiro atoms. The van der Waals surface area contributed by atoms with Crippen LogP contribution in [0.25, 0.3) is 0 Å². The van der Waals surface area contributed by atoms with Gasteiger partial charge in [-0.1, -0.05) is 0 Å². The third-order valence-corrected chi connectivity index (χ3v) is 0.492. The van der Waals surface area contributed by atoms with Crippen molar-refractivity contribution in [3.8, 4) is 0 Å². The molecule has 0 aromatic carbocycles. The Balaban J connectivity index is 0. The van der Waals surface area contributed by atoms with E-state index in [9.17, 15) is 4.79 Å². The van der Waals surface area contributed by atoms with Gasteiger partial charge >= 0.3 is 0 Å². The fourth-order valence-electron chi connectivity index (χ4n) is 0.177. The SMILES string of the molecule is CC(=O)O.CC(C)(C)NC=O. The van der Waals surface area contributed by atoms with E-state index in [0.717, 1.165) is 6.92 Å². The second-order valence-electron chi connectivity index (χ2n) is 3.03. The van der Waals surface area contributed by atoms with Crippen molar-refractivity contribution in [3.05, 3.63) is 0 Å². The molecule has 0 aliphatic rings.